The van der Waals surface area contributed by atoms with Crippen LogP contribution in [0.15, 0.2) is 38.8 Å². The number of carbonyl (C=O) groups excluding carboxylic acids is 1. The molecule has 0 bridgehead atoms. The fourth-order valence-electron chi connectivity index (χ4n) is 3.01. The van der Waals surface area contributed by atoms with Crippen LogP contribution >= 0.6 is 11.8 Å². The molecule has 1 saturated heterocycles. The Hall–Kier alpha value is -1.91. The number of aromatic nitrogens is 2. The number of nitrogens with one attached hydrogen (secondary N) is 1. The van der Waals surface area contributed by atoms with Crippen molar-refractivity contribution in [2.24, 2.45) is 0 Å². The van der Waals surface area contributed by atoms with E-state index in [1.54, 1.807) is 31.2 Å². The van der Waals surface area contributed by atoms with Gasteiger partial charge in [-0.05, 0) is 44.4 Å². The van der Waals surface area contributed by atoms with E-state index in [-0.39, 0.29) is 27.2 Å². The Morgan fingerprint density at radius 3 is 2.76 bits per heavy atom. The summed E-state index contributed by atoms with van der Waals surface area (Å²) in [5.41, 5.74) is 0.533. The molecule has 1 fully saturated rings. The largest absolute Gasteiger partial charge is 0.411 e. The molecule has 1 N–H and O–H groups in total. The fourth-order valence-corrected chi connectivity index (χ4v) is 5.29. The van der Waals surface area contributed by atoms with Crippen molar-refractivity contribution < 1.29 is 17.6 Å². The van der Waals surface area contributed by atoms with Crippen LogP contribution in [-0.4, -0.2) is 53.7 Å². The SMILES string of the molecule is CCCNC(=O)C(C)Sc1nnc(-c2cccc(S(=O)(=O)N3CCCCC3)c2)o1. The van der Waals surface area contributed by atoms with Gasteiger partial charge in [0.1, 0.15) is 0 Å². The molecule has 1 aliphatic rings. The average molecular weight is 439 g/mol. The molecule has 0 saturated carbocycles. The van der Waals surface area contributed by atoms with E-state index in [0.29, 0.717) is 25.2 Å². The summed E-state index contributed by atoms with van der Waals surface area (Å²) in [5.74, 6) is 0.135. The molecule has 10 heteroatoms. The van der Waals surface area contributed by atoms with Gasteiger partial charge in [0.15, 0.2) is 0 Å². The molecule has 1 amide bonds. The number of carbonyl (C=O) groups is 1. The lowest BCUT2D eigenvalue weighted by Crippen LogP contribution is -2.35. The number of hydrogen-bond donors (Lipinski definition) is 1. The second kappa shape index (κ2) is 9.73. The minimum atomic E-state index is -3.54. The summed E-state index contributed by atoms with van der Waals surface area (Å²) in [6.45, 7) is 5.47. The predicted octanol–water partition coefficient (Wildman–Crippen LogP) is 2.92. The van der Waals surface area contributed by atoms with Crippen molar-refractivity contribution in [3.05, 3.63) is 24.3 Å². The minimum Gasteiger partial charge on any atom is -0.411 e. The number of amides is 1. The zero-order valence-electron chi connectivity index (χ0n) is 16.6. The molecule has 1 aromatic heterocycles. The Morgan fingerprint density at radius 2 is 2.03 bits per heavy atom. The molecule has 1 aromatic carbocycles. The maximum Gasteiger partial charge on any atom is 0.277 e. The lowest BCUT2D eigenvalue weighted by molar-refractivity contribution is -0.120. The normalized spacial score (nSPS) is 16.5. The topological polar surface area (TPSA) is 105 Å². The summed E-state index contributed by atoms with van der Waals surface area (Å²) in [7, 11) is -3.54. The van der Waals surface area contributed by atoms with Crippen molar-refractivity contribution in [3.63, 3.8) is 0 Å². The zero-order chi connectivity index (χ0) is 20.9. The van der Waals surface area contributed by atoms with Crippen LogP contribution in [0.4, 0.5) is 0 Å². The number of rotatable bonds is 8. The van der Waals surface area contributed by atoms with E-state index in [4.69, 9.17) is 4.42 Å². The zero-order valence-corrected chi connectivity index (χ0v) is 18.3. The number of piperidine rings is 1. The molecule has 0 radical (unpaired) electrons. The number of nitrogens with zero attached hydrogens (tertiary/aromatic N) is 3. The average Bonchev–Trinajstić information content (AvgIpc) is 3.21. The molecular weight excluding hydrogens is 412 g/mol. The molecule has 1 unspecified atom stereocenters. The summed E-state index contributed by atoms with van der Waals surface area (Å²) in [5, 5.41) is 10.7. The fraction of sp³-hybridized carbons (Fsp3) is 0.526. The van der Waals surface area contributed by atoms with Crippen LogP contribution in [0.5, 0.6) is 0 Å². The molecule has 158 valence electrons. The first kappa shape index (κ1) is 21.8. The number of benzene rings is 1. The van der Waals surface area contributed by atoms with E-state index in [9.17, 15) is 13.2 Å². The van der Waals surface area contributed by atoms with Crippen molar-refractivity contribution >= 4 is 27.7 Å². The van der Waals surface area contributed by atoms with Gasteiger partial charge in [-0.15, -0.1) is 10.2 Å². The smallest absolute Gasteiger partial charge is 0.277 e. The van der Waals surface area contributed by atoms with Crippen LogP contribution < -0.4 is 5.32 Å². The third kappa shape index (κ3) is 5.37. The van der Waals surface area contributed by atoms with Crippen LogP contribution in [0.3, 0.4) is 0 Å². The number of sulfonamides is 1. The van der Waals surface area contributed by atoms with E-state index in [0.717, 1.165) is 25.7 Å². The standard InChI is InChI=1S/C19H26N4O4S2/c1-3-10-20-17(24)14(2)28-19-22-21-18(27-19)15-8-7-9-16(13-15)29(25,26)23-11-5-4-6-12-23/h7-9,13-14H,3-6,10-12H2,1-2H3,(H,20,24). The molecule has 8 nitrogen and oxygen atoms in total. The Balaban J connectivity index is 1.74. The summed E-state index contributed by atoms with van der Waals surface area (Å²) in [6.07, 6.45) is 3.69. The first-order chi connectivity index (χ1) is 13.9. The second-order valence-electron chi connectivity index (χ2n) is 6.92. The van der Waals surface area contributed by atoms with Gasteiger partial charge >= 0.3 is 0 Å². The molecule has 2 aromatic rings. The van der Waals surface area contributed by atoms with Gasteiger partial charge in [0, 0.05) is 25.2 Å². The lowest BCUT2D eigenvalue weighted by atomic mass is 10.2. The van der Waals surface area contributed by atoms with Gasteiger partial charge in [0.05, 0.1) is 10.1 Å². The minimum absolute atomic E-state index is 0.0915. The summed E-state index contributed by atoms with van der Waals surface area (Å²) in [4.78, 5) is 12.2. The number of thioether (sulfide) groups is 1. The molecule has 29 heavy (non-hydrogen) atoms. The quantitative estimate of drug-likeness (QED) is 0.632. The summed E-state index contributed by atoms with van der Waals surface area (Å²) in [6, 6.07) is 6.54. The first-order valence-corrected chi connectivity index (χ1v) is 12.1. The molecule has 0 spiro atoms. The first-order valence-electron chi connectivity index (χ1n) is 9.80. The van der Waals surface area contributed by atoms with E-state index in [2.05, 4.69) is 15.5 Å². The molecule has 1 aliphatic heterocycles. The highest BCUT2D eigenvalue weighted by Crippen LogP contribution is 2.28. The van der Waals surface area contributed by atoms with Crippen molar-refractivity contribution in [2.45, 2.75) is 54.9 Å². The van der Waals surface area contributed by atoms with Gasteiger partial charge in [-0.25, -0.2) is 8.42 Å². The second-order valence-corrected chi connectivity index (χ2v) is 10.1. The Labute approximate surface area is 175 Å². The van der Waals surface area contributed by atoms with Gasteiger partial charge in [0.25, 0.3) is 5.22 Å². The van der Waals surface area contributed by atoms with E-state index in [1.165, 1.54) is 16.1 Å². The van der Waals surface area contributed by atoms with E-state index < -0.39 is 10.0 Å². The van der Waals surface area contributed by atoms with Gasteiger partial charge in [-0.1, -0.05) is 31.2 Å². The molecule has 2 heterocycles. The third-order valence-electron chi connectivity index (χ3n) is 4.64. The maximum atomic E-state index is 12.9. The van der Waals surface area contributed by atoms with Crippen LogP contribution in [0, 0.1) is 0 Å². The van der Waals surface area contributed by atoms with Gasteiger partial charge < -0.3 is 9.73 Å². The maximum absolute atomic E-state index is 12.9. The monoisotopic (exact) mass is 438 g/mol. The predicted molar refractivity (Wildman–Crippen MR) is 111 cm³/mol. The summed E-state index contributed by atoms with van der Waals surface area (Å²) >= 11 is 1.17. The number of hydrogen-bond acceptors (Lipinski definition) is 7. The Kier molecular flexibility index (Phi) is 7.31. The summed E-state index contributed by atoms with van der Waals surface area (Å²) < 4.78 is 33.0. The molecule has 0 aliphatic carbocycles. The van der Waals surface area contributed by atoms with Gasteiger partial charge in [0.2, 0.25) is 21.8 Å². The van der Waals surface area contributed by atoms with Gasteiger partial charge in [-0.3, -0.25) is 4.79 Å². The van der Waals surface area contributed by atoms with E-state index >= 15 is 0 Å². The highest BCUT2D eigenvalue weighted by Gasteiger charge is 2.26. The molecule has 3 rings (SSSR count). The Morgan fingerprint density at radius 1 is 1.28 bits per heavy atom. The van der Waals surface area contributed by atoms with Crippen LogP contribution in [-0.2, 0) is 14.8 Å². The lowest BCUT2D eigenvalue weighted by Gasteiger charge is -2.25. The van der Waals surface area contributed by atoms with Crippen molar-refractivity contribution in [2.75, 3.05) is 19.6 Å². The highest BCUT2D eigenvalue weighted by molar-refractivity contribution is 8.00. The van der Waals surface area contributed by atoms with Crippen LogP contribution in [0.2, 0.25) is 0 Å². The van der Waals surface area contributed by atoms with Crippen molar-refractivity contribution in [3.8, 4) is 11.5 Å². The van der Waals surface area contributed by atoms with Gasteiger partial charge in [-0.2, -0.15) is 4.31 Å². The molecular formula is C19H26N4O4S2. The van der Waals surface area contributed by atoms with E-state index in [1.807, 2.05) is 6.92 Å². The van der Waals surface area contributed by atoms with Crippen molar-refractivity contribution in [1.82, 2.24) is 19.8 Å². The highest BCUT2D eigenvalue weighted by atomic mass is 32.2. The third-order valence-corrected chi connectivity index (χ3v) is 7.47. The molecule has 1 atom stereocenters. The van der Waals surface area contributed by atoms with Crippen LogP contribution in [0.25, 0.3) is 11.5 Å². The van der Waals surface area contributed by atoms with Crippen LogP contribution in [0.1, 0.15) is 39.5 Å². The Bertz CT molecular complexity index is 939. The van der Waals surface area contributed by atoms with Crippen molar-refractivity contribution in [1.29, 1.82) is 0 Å².